The zero-order valence-corrected chi connectivity index (χ0v) is 17.7. The molecule has 0 fully saturated rings. The first kappa shape index (κ1) is 21.1. The van der Waals surface area contributed by atoms with Crippen molar-refractivity contribution in [2.45, 2.75) is 31.9 Å². The number of hydrogen-bond donors (Lipinski definition) is 2. The van der Waals surface area contributed by atoms with Crippen LogP contribution in [0.4, 0.5) is 20.3 Å². The second kappa shape index (κ2) is 8.19. The summed E-state index contributed by atoms with van der Waals surface area (Å²) in [5, 5.41) is 10.8. The molecule has 6 nitrogen and oxygen atoms in total. The summed E-state index contributed by atoms with van der Waals surface area (Å²) >= 11 is 4.80. The lowest BCUT2D eigenvalue weighted by Gasteiger charge is -2.12. The monoisotopic (exact) mass is 446 g/mol. The molecule has 0 saturated heterocycles. The van der Waals surface area contributed by atoms with Gasteiger partial charge in [0.25, 0.3) is 5.91 Å². The SMILES string of the molecule is CC(C)n1nc(-c2ccc(OC(F)(F)Cl)cc2)cc1NC(=O)c1ccc2c(c1)CCN2. The van der Waals surface area contributed by atoms with E-state index in [-0.39, 0.29) is 17.7 Å². The van der Waals surface area contributed by atoms with Crippen molar-refractivity contribution < 1.29 is 18.3 Å². The molecule has 0 spiro atoms. The Hall–Kier alpha value is -3.13. The van der Waals surface area contributed by atoms with Crippen LogP contribution >= 0.6 is 11.6 Å². The maximum atomic E-state index is 12.8. The maximum Gasteiger partial charge on any atom is 0.487 e. The molecular formula is C22H21ClF2N4O2. The first-order chi connectivity index (χ1) is 14.7. The lowest BCUT2D eigenvalue weighted by molar-refractivity contribution is -0.0964. The number of alkyl halides is 3. The third-order valence-corrected chi connectivity index (χ3v) is 5.00. The number of benzene rings is 2. The highest BCUT2D eigenvalue weighted by Gasteiger charge is 2.27. The third-order valence-electron chi connectivity index (χ3n) is 4.93. The van der Waals surface area contributed by atoms with E-state index in [0.717, 1.165) is 24.2 Å². The van der Waals surface area contributed by atoms with Crippen LogP contribution in [0.2, 0.25) is 0 Å². The molecule has 2 heterocycles. The van der Waals surface area contributed by atoms with Crippen molar-refractivity contribution in [3.63, 3.8) is 0 Å². The minimum atomic E-state index is -3.77. The molecule has 0 bridgehead atoms. The van der Waals surface area contributed by atoms with E-state index in [1.165, 1.54) is 12.1 Å². The zero-order chi connectivity index (χ0) is 22.2. The average molecular weight is 447 g/mol. The van der Waals surface area contributed by atoms with Crippen LogP contribution < -0.4 is 15.4 Å². The van der Waals surface area contributed by atoms with Crippen LogP contribution in [0.1, 0.15) is 35.8 Å². The average Bonchev–Trinajstić information content (AvgIpc) is 3.33. The van der Waals surface area contributed by atoms with E-state index in [0.29, 0.717) is 22.6 Å². The van der Waals surface area contributed by atoms with Crippen LogP contribution in [-0.4, -0.2) is 27.8 Å². The number of carbonyl (C=O) groups excluding carboxylic acids is 1. The molecule has 4 rings (SSSR count). The standard InChI is InChI=1S/C22H21ClF2N4O2/c1-13(2)29-20(27-21(30)16-5-8-18-15(11-16)9-10-26-18)12-19(28-29)14-3-6-17(7-4-14)31-22(23,24)25/h3-8,11-13,26H,9-10H2,1-2H3,(H,27,30). The summed E-state index contributed by atoms with van der Waals surface area (Å²) in [5.74, 6) is 0.254. The number of nitrogens with zero attached hydrogens (tertiary/aromatic N) is 2. The van der Waals surface area contributed by atoms with Gasteiger partial charge in [-0.2, -0.15) is 5.10 Å². The molecule has 0 radical (unpaired) electrons. The number of nitrogens with one attached hydrogen (secondary N) is 2. The molecule has 3 aromatic rings. The van der Waals surface area contributed by atoms with Gasteiger partial charge >= 0.3 is 5.57 Å². The van der Waals surface area contributed by atoms with Crippen LogP contribution in [0.25, 0.3) is 11.3 Å². The summed E-state index contributed by atoms with van der Waals surface area (Å²) in [4.78, 5) is 12.8. The van der Waals surface area contributed by atoms with E-state index >= 15 is 0 Å². The molecule has 162 valence electrons. The predicted molar refractivity (Wildman–Crippen MR) is 116 cm³/mol. The van der Waals surface area contributed by atoms with Gasteiger partial charge in [0.05, 0.1) is 5.69 Å². The van der Waals surface area contributed by atoms with Gasteiger partial charge in [-0.05, 0) is 68.3 Å². The van der Waals surface area contributed by atoms with E-state index in [4.69, 9.17) is 11.6 Å². The van der Waals surface area contributed by atoms with Gasteiger partial charge in [0.15, 0.2) is 0 Å². The molecule has 0 unspecified atom stereocenters. The molecule has 9 heteroatoms. The number of ether oxygens (including phenoxy) is 1. The lowest BCUT2D eigenvalue weighted by Crippen LogP contribution is -2.16. The van der Waals surface area contributed by atoms with Gasteiger partial charge in [-0.1, -0.05) is 0 Å². The molecule has 1 aromatic heterocycles. The van der Waals surface area contributed by atoms with Crippen LogP contribution in [0.5, 0.6) is 5.75 Å². The number of carbonyl (C=O) groups is 1. The van der Waals surface area contributed by atoms with Gasteiger partial charge in [-0.25, -0.2) is 4.68 Å². The fourth-order valence-electron chi connectivity index (χ4n) is 3.48. The van der Waals surface area contributed by atoms with E-state index < -0.39 is 5.57 Å². The first-order valence-corrected chi connectivity index (χ1v) is 10.2. The molecule has 1 aliphatic heterocycles. The normalized spacial score (nSPS) is 13.1. The summed E-state index contributed by atoms with van der Waals surface area (Å²) in [6.07, 6.45) is 0.889. The Morgan fingerprint density at radius 3 is 2.65 bits per heavy atom. The first-order valence-electron chi connectivity index (χ1n) is 9.83. The van der Waals surface area contributed by atoms with E-state index in [2.05, 4.69) is 20.5 Å². The quantitative estimate of drug-likeness (QED) is 0.489. The van der Waals surface area contributed by atoms with E-state index in [1.807, 2.05) is 26.0 Å². The molecule has 31 heavy (non-hydrogen) atoms. The Kier molecular flexibility index (Phi) is 5.58. The highest BCUT2D eigenvalue weighted by atomic mass is 35.5. The Balaban J connectivity index is 1.57. The van der Waals surface area contributed by atoms with Crippen LogP contribution in [0.15, 0.2) is 48.5 Å². The third kappa shape index (κ3) is 4.80. The van der Waals surface area contributed by atoms with Gasteiger partial charge in [0.2, 0.25) is 0 Å². The molecule has 1 aliphatic rings. The second-order valence-corrected chi connectivity index (χ2v) is 7.97. The molecule has 0 aliphatic carbocycles. The van der Waals surface area contributed by atoms with Crippen molar-refractivity contribution in [1.29, 1.82) is 0 Å². The predicted octanol–water partition coefficient (Wildman–Crippen LogP) is 5.52. The Morgan fingerprint density at radius 2 is 1.97 bits per heavy atom. The minimum absolute atomic E-state index is 0.00850. The van der Waals surface area contributed by atoms with E-state index in [9.17, 15) is 13.6 Å². The molecule has 2 N–H and O–H groups in total. The van der Waals surface area contributed by atoms with Crippen LogP contribution in [0.3, 0.4) is 0 Å². The number of fused-ring (bicyclic) bond motifs is 1. The van der Waals surface area contributed by atoms with E-state index in [1.54, 1.807) is 28.9 Å². The Morgan fingerprint density at radius 1 is 1.23 bits per heavy atom. The van der Waals surface area contributed by atoms with Crippen molar-refractivity contribution in [2.24, 2.45) is 0 Å². The van der Waals surface area contributed by atoms with Gasteiger partial charge in [0.1, 0.15) is 11.6 Å². The second-order valence-electron chi connectivity index (χ2n) is 7.53. The van der Waals surface area contributed by atoms with Crippen molar-refractivity contribution in [1.82, 2.24) is 9.78 Å². The molecule has 1 amide bonds. The summed E-state index contributed by atoms with van der Waals surface area (Å²) in [7, 11) is 0. The number of anilines is 2. The van der Waals surface area contributed by atoms with Crippen molar-refractivity contribution in [3.8, 4) is 17.0 Å². The summed E-state index contributed by atoms with van der Waals surface area (Å²) < 4.78 is 31.6. The van der Waals surface area contributed by atoms with Gasteiger partial charge in [-0.15, -0.1) is 8.78 Å². The van der Waals surface area contributed by atoms with Crippen LogP contribution in [0, 0.1) is 0 Å². The number of rotatable bonds is 6. The molecule has 0 atom stereocenters. The lowest BCUT2D eigenvalue weighted by atomic mass is 10.1. The minimum Gasteiger partial charge on any atom is -0.420 e. The Labute approximate surface area is 183 Å². The summed E-state index contributed by atoms with van der Waals surface area (Å²) in [6.45, 7) is 4.77. The summed E-state index contributed by atoms with van der Waals surface area (Å²) in [6, 6.07) is 13.3. The summed E-state index contributed by atoms with van der Waals surface area (Å²) in [5.41, 5.74) is 0.256. The highest BCUT2D eigenvalue weighted by molar-refractivity contribution is 6.20. The smallest absolute Gasteiger partial charge is 0.420 e. The van der Waals surface area contributed by atoms with Crippen molar-refractivity contribution in [3.05, 3.63) is 59.7 Å². The van der Waals surface area contributed by atoms with Crippen molar-refractivity contribution >= 4 is 29.0 Å². The van der Waals surface area contributed by atoms with Crippen LogP contribution in [-0.2, 0) is 6.42 Å². The largest absolute Gasteiger partial charge is 0.487 e. The number of hydrogen-bond acceptors (Lipinski definition) is 4. The molecule has 0 saturated carbocycles. The Bertz CT molecular complexity index is 1110. The zero-order valence-electron chi connectivity index (χ0n) is 17.0. The highest BCUT2D eigenvalue weighted by Crippen LogP contribution is 2.30. The topological polar surface area (TPSA) is 68.2 Å². The maximum absolute atomic E-state index is 12.8. The van der Waals surface area contributed by atoms with Gasteiger partial charge < -0.3 is 15.4 Å². The van der Waals surface area contributed by atoms with Gasteiger partial charge in [0, 0.05) is 47.1 Å². The number of amides is 1. The van der Waals surface area contributed by atoms with Crippen molar-refractivity contribution in [2.75, 3.05) is 17.2 Å². The number of halogens is 3. The molecular weight excluding hydrogens is 426 g/mol. The number of aromatic nitrogens is 2. The molecule has 2 aromatic carbocycles. The fraction of sp³-hybridized carbons (Fsp3) is 0.273. The van der Waals surface area contributed by atoms with Gasteiger partial charge in [-0.3, -0.25) is 4.79 Å². The fourth-order valence-corrected chi connectivity index (χ4v) is 3.57.